The van der Waals surface area contributed by atoms with Gasteiger partial charge in [-0.2, -0.15) is 8.78 Å². The normalized spacial score (nSPS) is 15.6. The molecule has 4 rings (SSSR count). The first kappa shape index (κ1) is 19.3. The van der Waals surface area contributed by atoms with E-state index in [2.05, 4.69) is 32.5 Å². The number of amides is 1. The predicted molar refractivity (Wildman–Crippen MR) is 108 cm³/mol. The van der Waals surface area contributed by atoms with E-state index < -0.39 is 6.61 Å². The zero-order valence-corrected chi connectivity index (χ0v) is 16.2. The molecular weight excluding hydrogens is 396 g/mol. The number of ether oxygens (including phenoxy) is 1. The SMILES string of the molecule is O=C(NC1CCCc2ccccc21)c1csc(Nc2ccc(OC(F)F)cc2)n1. The van der Waals surface area contributed by atoms with Crippen molar-refractivity contribution in [1.29, 1.82) is 0 Å². The zero-order valence-electron chi connectivity index (χ0n) is 15.4. The van der Waals surface area contributed by atoms with Gasteiger partial charge >= 0.3 is 6.61 Å². The lowest BCUT2D eigenvalue weighted by Crippen LogP contribution is -2.31. The van der Waals surface area contributed by atoms with Crippen LogP contribution in [0, 0.1) is 0 Å². The first-order chi connectivity index (χ1) is 14.1. The number of fused-ring (bicyclic) bond motifs is 1. The Morgan fingerprint density at radius 2 is 1.97 bits per heavy atom. The number of nitrogens with zero attached hydrogens (tertiary/aromatic N) is 1. The van der Waals surface area contributed by atoms with Crippen LogP contribution in [-0.2, 0) is 6.42 Å². The summed E-state index contributed by atoms with van der Waals surface area (Å²) >= 11 is 1.30. The number of hydrogen-bond donors (Lipinski definition) is 2. The van der Waals surface area contributed by atoms with E-state index in [1.807, 2.05) is 12.1 Å². The van der Waals surface area contributed by atoms with Gasteiger partial charge in [-0.05, 0) is 54.7 Å². The van der Waals surface area contributed by atoms with Gasteiger partial charge in [0.2, 0.25) is 0 Å². The summed E-state index contributed by atoms with van der Waals surface area (Å²) < 4.78 is 28.7. The Hall–Kier alpha value is -3.00. The van der Waals surface area contributed by atoms with Crippen molar-refractivity contribution in [2.45, 2.75) is 31.9 Å². The number of anilines is 2. The number of alkyl halides is 2. The van der Waals surface area contributed by atoms with Crippen LogP contribution in [0.4, 0.5) is 19.6 Å². The third-order valence-electron chi connectivity index (χ3n) is 4.74. The van der Waals surface area contributed by atoms with Gasteiger partial charge in [-0.15, -0.1) is 11.3 Å². The molecule has 0 saturated carbocycles. The summed E-state index contributed by atoms with van der Waals surface area (Å²) in [5.41, 5.74) is 3.46. The number of hydrogen-bond acceptors (Lipinski definition) is 5. The van der Waals surface area contributed by atoms with Crippen LogP contribution in [0.1, 0.15) is 40.5 Å². The lowest BCUT2D eigenvalue weighted by atomic mass is 9.88. The minimum atomic E-state index is -2.86. The minimum Gasteiger partial charge on any atom is -0.435 e. The summed E-state index contributed by atoms with van der Waals surface area (Å²) in [5, 5.41) is 8.39. The van der Waals surface area contributed by atoms with E-state index >= 15 is 0 Å². The highest BCUT2D eigenvalue weighted by Crippen LogP contribution is 2.30. The fraction of sp³-hybridized carbons (Fsp3) is 0.238. The largest absolute Gasteiger partial charge is 0.435 e. The Kier molecular flexibility index (Phi) is 5.71. The fourth-order valence-electron chi connectivity index (χ4n) is 3.41. The van der Waals surface area contributed by atoms with Crippen LogP contribution < -0.4 is 15.4 Å². The third kappa shape index (κ3) is 4.71. The van der Waals surface area contributed by atoms with E-state index in [9.17, 15) is 13.6 Å². The maximum Gasteiger partial charge on any atom is 0.387 e. The molecule has 5 nitrogen and oxygen atoms in total. The van der Waals surface area contributed by atoms with Gasteiger partial charge in [-0.25, -0.2) is 4.98 Å². The maximum atomic E-state index is 12.7. The van der Waals surface area contributed by atoms with E-state index in [0.717, 1.165) is 19.3 Å². The maximum absolute atomic E-state index is 12.7. The molecule has 2 N–H and O–H groups in total. The van der Waals surface area contributed by atoms with E-state index in [-0.39, 0.29) is 17.7 Å². The average molecular weight is 415 g/mol. The lowest BCUT2D eigenvalue weighted by molar-refractivity contribution is -0.0498. The number of nitrogens with one attached hydrogen (secondary N) is 2. The molecule has 1 unspecified atom stereocenters. The lowest BCUT2D eigenvalue weighted by Gasteiger charge is -2.26. The summed E-state index contributed by atoms with van der Waals surface area (Å²) in [7, 11) is 0. The second-order valence-corrected chi connectivity index (χ2v) is 7.54. The molecule has 1 heterocycles. The number of aryl methyl sites for hydroxylation is 1. The minimum absolute atomic E-state index is 0.00654. The van der Waals surface area contributed by atoms with Crippen molar-refractivity contribution in [2.24, 2.45) is 0 Å². The summed E-state index contributed by atoms with van der Waals surface area (Å²) in [4.78, 5) is 17.0. The highest BCUT2D eigenvalue weighted by atomic mass is 32.1. The molecule has 1 atom stereocenters. The molecule has 0 aliphatic heterocycles. The summed E-state index contributed by atoms with van der Waals surface area (Å²) in [6.45, 7) is -2.86. The van der Waals surface area contributed by atoms with Crippen molar-refractivity contribution in [1.82, 2.24) is 10.3 Å². The molecule has 0 fully saturated rings. The first-order valence-electron chi connectivity index (χ1n) is 9.24. The van der Waals surface area contributed by atoms with Crippen molar-refractivity contribution in [2.75, 3.05) is 5.32 Å². The molecule has 0 saturated heterocycles. The molecule has 8 heteroatoms. The van der Waals surface area contributed by atoms with Crippen molar-refractivity contribution in [3.05, 3.63) is 70.7 Å². The van der Waals surface area contributed by atoms with Gasteiger partial charge in [0, 0.05) is 11.1 Å². The van der Waals surface area contributed by atoms with Crippen LogP contribution in [0.5, 0.6) is 5.75 Å². The Labute approximate surface area is 170 Å². The summed E-state index contributed by atoms with van der Waals surface area (Å²) in [6, 6.07) is 14.3. The van der Waals surface area contributed by atoms with Gasteiger partial charge in [-0.1, -0.05) is 24.3 Å². The van der Waals surface area contributed by atoms with Crippen LogP contribution in [-0.4, -0.2) is 17.5 Å². The molecule has 29 heavy (non-hydrogen) atoms. The van der Waals surface area contributed by atoms with Gasteiger partial charge in [0.15, 0.2) is 5.13 Å². The number of thiazole rings is 1. The summed E-state index contributed by atoms with van der Waals surface area (Å²) in [5.74, 6) is -0.130. The quantitative estimate of drug-likeness (QED) is 0.574. The first-order valence-corrected chi connectivity index (χ1v) is 10.1. The molecular formula is C21H19F2N3O2S. The molecule has 1 aromatic heterocycles. The number of benzene rings is 2. The van der Waals surface area contributed by atoms with Crippen LogP contribution in [0.25, 0.3) is 0 Å². The molecule has 0 spiro atoms. The van der Waals surface area contributed by atoms with Crippen LogP contribution in [0.15, 0.2) is 53.9 Å². The van der Waals surface area contributed by atoms with Crippen LogP contribution in [0.3, 0.4) is 0 Å². The molecule has 3 aromatic rings. The molecule has 150 valence electrons. The topological polar surface area (TPSA) is 63.2 Å². The highest BCUT2D eigenvalue weighted by molar-refractivity contribution is 7.14. The standard InChI is InChI=1S/C21H19F2N3O2S/c22-20(23)28-15-10-8-14(9-11-15)24-21-26-18(12-29-21)19(27)25-17-7-3-5-13-4-1-2-6-16(13)17/h1-2,4,6,8-12,17,20H,3,5,7H2,(H,24,26)(H,25,27). The van der Waals surface area contributed by atoms with Crippen molar-refractivity contribution in [3.63, 3.8) is 0 Å². The molecule has 2 aromatic carbocycles. The molecule has 1 amide bonds. The smallest absolute Gasteiger partial charge is 0.387 e. The van der Waals surface area contributed by atoms with Crippen molar-refractivity contribution >= 4 is 28.1 Å². The number of halogens is 2. The van der Waals surface area contributed by atoms with Gasteiger partial charge in [0.25, 0.3) is 5.91 Å². The van der Waals surface area contributed by atoms with E-state index in [1.54, 1.807) is 17.5 Å². The summed E-state index contributed by atoms with van der Waals surface area (Å²) in [6.07, 6.45) is 2.98. The highest BCUT2D eigenvalue weighted by Gasteiger charge is 2.23. The molecule has 1 aliphatic carbocycles. The van der Waals surface area contributed by atoms with Crippen LogP contribution in [0.2, 0.25) is 0 Å². The monoisotopic (exact) mass is 415 g/mol. The van der Waals surface area contributed by atoms with Gasteiger partial charge in [0.05, 0.1) is 6.04 Å². The zero-order chi connectivity index (χ0) is 20.2. The van der Waals surface area contributed by atoms with Crippen molar-refractivity contribution < 1.29 is 18.3 Å². The van der Waals surface area contributed by atoms with E-state index in [1.165, 1.54) is 34.6 Å². The van der Waals surface area contributed by atoms with E-state index in [4.69, 9.17) is 0 Å². The van der Waals surface area contributed by atoms with Gasteiger partial charge in [0.1, 0.15) is 11.4 Å². The van der Waals surface area contributed by atoms with Gasteiger partial charge in [-0.3, -0.25) is 4.79 Å². The number of rotatable bonds is 6. The predicted octanol–water partition coefficient (Wildman–Crippen LogP) is 5.30. The Morgan fingerprint density at radius 1 is 1.17 bits per heavy atom. The Balaban J connectivity index is 1.39. The fourth-order valence-corrected chi connectivity index (χ4v) is 4.13. The Morgan fingerprint density at radius 3 is 2.76 bits per heavy atom. The average Bonchev–Trinajstić information content (AvgIpc) is 3.18. The number of carbonyl (C=O) groups excluding carboxylic acids is 1. The van der Waals surface area contributed by atoms with Crippen LogP contribution >= 0.6 is 11.3 Å². The molecule has 0 bridgehead atoms. The molecule has 0 radical (unpaired) electrons. The number of carbonyl (C=O) groups is 1. The van der Waals surface area contributed by atoms with Crippen molar-refractivity contribution in [3.8, 4) is 5.75 Å². The molecule has 1 aliphatic rings. The van der Waals surface area contributed by atoms with E-state index in [0.29, 0.717) is 16.5 Å². The van der Waals surface area contributed by atoms with Gasteiger partial charge < -0.3 is 15.4 Å². The Bertz CT molecular complexity index is 992. The third-order valence-corrected chi connectivity index (χ3v) is 5.50. The second-order valence-electron chi connectivity index (χ2n) is 6.68. The second kappa shape index (κ2) is 8.57. The number of aromatic nitrogens is 1.